The van der Waals surface area contributed by atoms with Crippen LogP contribution in [0.25, 0.3) is 0 Å². The number of hydrogen-bond acceptors (Lipinski definition) is 1. The second-order valence-corrected chi connectivity index (χ2v) is 3.52. The monoisotopic (exact) mass is 198 g/mol. The van der Waals surface area contributed by atoms with Gasteiger partial charge in [0, 0.05) is 0 Å². The fourth-order valence-electron chi connectivity index (χ4n) is 1.02. The molecule has 1 aromatic carbocycles. The number of rotatable bonds is 3. The second kappa shape index (κ2) is 4.28. The lowest BCUT2D eigenvalue weighted by Crippen LogP contribution is -2.15. The summed E-state index contributed by atoms with van der Waals surface area (Å²) in [5.74, 6) is -0.970. The third kappa shape index (κ3) is 3.07. The first kappa shape index (κ1) is 10.1. The zero-order chi connectivity index (χ0) is 9.84. The molecular weight excluding hydrogens is 188 g/mol. The normalized spacial score (nSPS) is 12.5. The highest BCUT2D eigenvalue weighted by Crippen LogP contribution is 2.09. The van der Waals surface area contributed by atoms with Crippen LogP contribution in [0.1, 0.15) is 11.1 Å². The van der Waals surface area contributed by atoms with Gasteiger partial charge in [-0.15, -0.1) is 11.6 Å². The van der Waals surface area contributed by atoms with E-state index in [1.54, 1.807) is 0 Å². The molecule has 3 heteroatoms. The molecule has 0 radical (unpaired) electrons. The number of aryl methyl sites for hydroxylation is 1. The van der Waals surface area contributed by atoms with E-state index in [0.29, 0.717) is 6.42 Å². The third-order valence-corrected chi connectivity index (χ3v) is 2.14. The van der Waals surface area contributed by atoms with Gasteiger partial charge in [-0.05, 0) is 18.9 Å². The summed E-state index contributed by atoms with van der Waals surface area (Å²) in [4.78, 5) is 10.4. The van der Waals surface area contributed by atoms with E-state index in [0.717, 1.165) is 11.1 Å². The number of carboxylic acid groups (broad SMARTS) is 1. The Hall–Kier alpha value is -1.02. The molecule has 0 saturated heterocycles. The number of aliphatic carboxylic acids is 1. The molecule has 0 unspecified atom stereocenters. The lowest BCUT2D eigenvalue weighted by molar-refractivity contribution is -0.136. The second-order valence-electron chi connectivity index (χ2n) is 3.00. The van der Waals surface area contributed by atoms with Crippen molar-refractivity contribution in [3.63, 3.8) is 0 Å². The van der Waals surface area contributed by atoms with Gasteiger partial charge in [0.1, 0.15) is 5.38 Å². The van der Waals surface area contributed by atoms with Gasteiger partial charge in [0.2, 0.25) is 0 Å². The highest BCUT2D eigenvalue weighted by atomic mass is 35.5. The molecule has 0 aliphatic heterocycles. The number of alkyl halides is 1. The lowest BCUT2D eigenvalue weighted by Gasteiger charge is -2.04. The van der Waals surface area contributed by atoms with Gasteiger partial charge in [0.25, 0.3) is 0 Å². The highest BCUT2D eigenvalue weighted by molar-refractivity contribution is 6.29. The molecule has 1 N–H and O–H groups in total. The largest absolute Gasteiger partial charge is 0.480 e. The van der Waals surface area contributed by atoms with E-state index in [2.05, 4.69) is 0 Å². The van der Waals surface area contributed by atoms with Gasteiger partial charge in [-0.25, -0.2) is 0 Å². The molecule has 0 aromatic heterocycles. The zero-order valence-corrected chi connectivity index (χ0v) is 8.08. The first-order chi connectivity index (χ1) is 6.09. The number of halogens is 1. The Morgan fingerprint density at radius 2 is 2.00 bits per heavy atom. The van der Waals surface area contributed by atoms with Crippen molar-refractivity contribution in [1.82, 2.24) is 0 Å². The maximum absolute atomic E-state index is 10.4. The van der Waals surface area contributed by atoms with Crippen LogP contribution in [0, 0.1) is 6.92 Å². The topological polar surface area (TPSA) is 37.3 Å². The van der Waals surface area contributed by atoms with Gasteiger partial charge < -0.3 is 5.11 Å². The van der Waals surface area contributed by atoms with E-state index in [4.69, 9.17) is 16.7 Å². The predicted octanol–water partition coefficient (Wildman–Crippen LogP) is 2.23. The zero-order valence-electron chi connectivity index (χ0n) is 7.33. The fourth-order valence-corrected chi connectivity index (χ4v) is 1.20. The summed E-state index contributed by atoms with van der Waals surface area (Å²) < 4.78 is 0. The van der Waals surface area contributed by atoms with Crippen LogP contribution in [-0.2, 0) is 11.2 Å². The first-order valence-corrected chi connectivity index (χ1v) is 4.45. The Balaban J connectivity index is 2.64. The van der Waals surface area contributed by atoms with Crippen molar-refractivity contribution in [2.45, 2.75) is 18.7 Å². The molecule has 0 aliphatic rings. The van der Waals surface area contributed by atoms with Crippen molar-refractivity contribution in [2.24, 2.45) is 0 Å². The summed E-state index contributed by atoms with van der Waals surface area (Å²) >= 11 is 5.59. The SMILES string of the molecule is Cc1ccc(C[C@@H](Cl)C(=O)O)cc1. The quantitative estimate of drug-likeness (QED) is 0.757. The van der Waals surface area contributed by atoms with Crippen LogP contribution < -0.4 is 0 Å². The summed E-state index contributed by atoms with van der Waals surface area (Å²) in [5, 5.41) is 7.74. The number of carboxylic acids is 1. The van der Waals surface area contributed by atoms with E-state index in [-0.39, 0.29) is 0 Å². The highest BCUT2D eigenvalue weighted by Gasteiger charge is 2.13. The Labute approximate surface area is 82.2 Å². The maximum atomic E-state index is 10.4. The minimum atomic E-state index is -0.970. The smallest absolute Gasteiger partial charge is 0.321 e. The van der Waals surface area contributed by atoms with Crippen LogP contribution in [0.4, 0.5) is 0 Å². The third-order valence-electron chi connectivity index (χ3n) is 1.80. The average molecular weight is 199 g/mol. The summed E-state index contributed by atoms with van der Waals surface area (Å²) in [6, 6.07) is 7.68. The van der Waals surface area contributed by atoms with Crippen molar-refractivity contribution < 1.29 is 9.90 Å². The standard InChI is InChI=1S/C10H11ClO2/c1-7-2-4-8(5-3-7)6-9(11)10(12)13/h2-5,9H,6H2,1H3,(H,12,13)/t9-/m1/s1. The molecular formula is C10H11ClO2. The summed E-state index contributed by atoms with van der Waals surface area (Å²) in [6.45, 7) is 1.99. The van der Waals surface area contributed by atoms with Gasteiger partial charge in [-0.1, -0.05) is 29.8 Å². The van der Waals surface area contributed by atoms with Crippen LogP contribution in [-0.4, -0.2) is 16.5 Å². The fraction of sp³-hybridized carbons (Fsp3) is 0.300. The Morgan fingerprint density at radius 1 is 1.46 bits per heavy atom. The number of carbonyl (C=O) groups is 1. The summed E-state index contributed by atoms with van der Waals surface area (Å²) in [7, 11) is 0. The van der Waals surface area contributed by atoms with E-state index in [9.17, 15) is 4.79 Å². The van der Waals surface area contributed by atoms with Crippen molar-refractivity contribution in [3.8, 4) is 0 Å². The van der Waals surface area contributed by atoms with Gasteiger partial charge in [-0.3, -0.25) is 4.79 Å². The molecule has 2 nitrogen and oxygen atoms in total. The molecule has 0 bridgehead atoms. The Morgan fingerprint density at radius 3 is 2.46 bits per heavy atom. The molecule has 0 fully saturated rings. The maximum Gasteiger partial charge on any atom is 0.321 e. The predicted molar refractivity (Wildman–Crippen MR) is 52.2 cm³/mol. The molecule has 0 heterocycles. The van der Waals surface area contributed by atoms with E-state index in [1.807, 2.05) is 31.2 Å². The molecule has 0 saturated carbocycles. The van der Waals surface area contributed by atoms with Crippen LogP contribution in [0.15, 0.2) is 24.3 Å². The van der Waals surface area contributed by atoms with Crippen LogP contribution >= 0.6 is 11.6 Å². The van der Waals surface area contributed by atoms with Gasteiger partial charge in [-0.2, -0.15) is 0 Å². The van der Waals surface area contributed by atoms with Gasteiger partial charge in [0.15, 0.2) is 0 Å². The molecule has 1 aromatic rings. The lowest BCUT2D eigenvalue weighted by atomic mass is 10.1. The first-order valence-electron chi connectivity index (χ1n) is 4.02. The molecule has 0 aliphatic carbocycles. The Bertz CT molecular complexity index is 292. The summed E-state index contributed by atoms with van der Waals surface area (Å²) in [5.41, 5.74) is 2.11. The molecule has 13 heavy (non-hydrogen) atoms. The average Bonchev–Trinajstić information content (AvgIpc) is 2.08. The minimum Gasteiger partial charge on any atom is -0.480 e. The summed E-state index contributed by atoms with van der Waals surface area (Å²) in [6.07, 6.45) is 0.372. The molecule has 0 spiro atoms. The van der Waals surface area contributed by atoms with E-state index >= 15 is 0 Å². The van der Waals surface area contributed by atoms with Crippen molar-refractivity contribution in [2.75, 3.05) is 0 Å². The minimum absolute atomic E-state index is 0.372. The van der Waals surface area contributed by atoms with Crippen molar-refractivity contribution >= 4 is 17.6 Å². The van der Waals surface area contributed by atoms with E-state index in [1.165, 1.54) is 0 Å². The van der Waals surface area contributed by atoms with Gasteiger partial charge in [0.05, 0.1) is 0 Å². The molecule has 0 amide bonds. The number of hydrogen-bond donors (Lipinski definition) is 1. The van der Waals surface area contributed by atoms with Gasteiger partial charge >= 0.3 is 5.97 Å². The van der Waals surface area contributed by atoms with Crippen LogP contribution in [0.5, 0.6) is 0 Å². The molecule has 70 valence electrons. The Kier molecular flexibility index (Phi) is 3.32. The van der Waals surface area contributed by atoms with E-state index < -0.39 is 11.3 Å². The number of benzene rings is 1. The van der Waals surface area contributed by atoms with Crippen molar-refractivity contribution in [3.05, 3.63) is 35.4 Å². The molecule has 1 atom stereocenters. The van der Waals surface area contributed by atoms with Crippen molar-refractivity contribution in [1.29, 1.82) is 0 Å². The molecule has 1 rings (SSSR count). The van der Waals surface area contributed by atoms with Crippen LogP contribution in [0.3, 0.4) is 0 Å². The van der Waals surface area contributed by atoms with Crippen LogP contribution in [0.2, 0.25) is 0 Å².